The molecule has 0 spiro atoms. The largest absolute Gasteiger partial charge is 0.127 e. The molecule has 0 aromatic carbocycles. The number of rotatable bonds is 29. The lowest BCUT2D eigenvalue weighted by Gasteiger charge is -2.04. The molecule has 0 bridgehead atoms. The van der Waals surface area contributed by atoms with E-state index in [0.29, 0.717) is 0 Å². The van der Waals surface area contributed by atoms with Crippen LogP contribution in [0.5, 0.6) is 0 Å². The van der Waals surface area contributed by atoms with Gasteiger partial charge in [0, 0.05) is 5.88 Å². The van der Waals surface area contributed by atoms with Gasteiger partial charge in [-0.15, -0.1) is 34.8 Å². The van der Waals surface area contributed by atoms with Crippen LogP contribution in [0, 0.1) is 0 Å². The van der Waals surface area contributed by atoms with Gasteiger partial charge in [0.25, 0.3) is 0 Å². The van der Waals surface area contributed by atoms with Crippen molar-refractivity contribution in [3.05, 3.63) is 0 Å². The summed E-state index contributed by atoms with van der Waals surface area (Å²) in [5.41, 5.74) is 0. The Morgan fingerprint density at radius 2 is 0.455 bits per heavy atom. The van der Waals surface area contributed by atoms with Crippen molar-refractivity contribution >= 4 is 34.8 Å². The molecule has 0 unspecified atom stereocenters. The first-order chi connectivity index (χ1) is 16.3. The molecule has 0 rings (SSSR count). The fourth-order valence-corrected chi connectivity index (χ4v) is 5.31. The van der Waals surface area contributed by atoms with Crippen molar-refractivity contribution in [2.24, 2.45) is 0 Å². The highest BCUT2D eigenvalue weighted by molar-refractivity contribution is 6.44. The Morgan fingerprint density at radius 1 is 0.273 bits per heavy atom. The summed E-state index contributed by atoms with van der Waals surface area (Å²) in [5, 5.41) is 0. The molecule has 0 N–H and O–H groups in total. The van der Waals surface area contributed by atoms with E-state index in [1.54, 1.807) is 0 Å². The fraction of sp³-hybridized carbons (Fsp3) is 1.00. The SMILES string of the molecule is ClCCCCCCCCCCCCCCCCCCCCCCCCCCCCCC(Cl)Cl. The molecule has 0 aliphatic carbocycles. The highest BCUT2D eigenvalue weighted by Gasteiger charge is 1.99. The molecule has 0 fully saturated rings. The van der Waals surface area contributed by atoms with Crippen LogP contribution < -0.4 is 0 Å². The van der Waals surface area contributed by atoms with Crippen molar-refractivity contribution in [1.82, 2.24) is 0 Å². The number of alkyl halides is 3. The van der Waals surface area contributed by atoms with Crippen molar-refractivity contribution in [1.29, 1.82) is 0 Å². The predicted molar refractivity (Wildman–Crippen MR) is 155 cm³/mol. The van der Waals surface area contributed by atoms with Gasteiger partial charge in [0.1, 0.15) is 4.84 Å². The molecule has 0 saturated carbocycles. The third kappa shape index (κ3) is 32.9. The summed E-state index contributed by atoms with van der Waals surface area (Å²) in [6.07, 6.45) is 39.3. The maximum Gasteiger partial charge on any atom is 0.107 e. The summed E-state index contributed by atoms with van der Waals surface area (Å²) in [6.45, 7) is 0. The average Bonchev–Trinajstić information content (AvgIpc) is 2.80. The molecule has 0 radical (unpaired) electrons. The Hall–Kier alpha value is 0.870. The van der Waals surface area contributed by atoms with Crippen molar-refractivity contribution < 1.29 is 0 Å². The van der Waals surface area contributed by atoms with Gasteiger partial charge in [0.05, 0.1) is 0 Å². The van der Waals surface area contributed by atoms with Gasteiger partial charge in [0.15, 0.2) is 0 Å². The minimum atomic E-state index is -0.160. The molecule has 0 aromatic rings. The van der Waals surface area contributed by atoms with Crippen LogP contribution in [0.1, 0.15) is 180 Å². The maximum absolute atomic E-state index is 5.75. The lowest BCUT2D eigenvalue weighted by molar-refractivity contribution is 0.514. The first-order valence-corrected chi connectivity index (χ1v) is 16.5. The van der Waals surface area contributed by atoms with E-state index in [1.165, 1.54) is 173 Å². The summed E-state index contributed by atoms with van der Waals surface area (Å²) >= 11 is 17.2. The summed E-state index contributed by atoms with van der Waals surface area (Å²) in [5.74, 6) is 0.842. The highest BCUT2D eigenvalue weighted by Crippen LogP contribution is 2.17. The zero-order valence-electron chi connectivity index (χ0n) is 22.2. The zero-order valence-corrected chi connectivity index (χ0v) is 24.5. The number of unbranched alkanes of at least 4 members (excludes halogenated alkanes) is 26. The third-order valence-electron chi connectivity index (χ3n) is 7.06. The van der Waals surface area contributed by atoms with E-state index in [-0.39, 0.29) is 4.84 Å². The van der Waals surface area contributed by atoms with Gasteiger partial charge >= 0.3 is 0 Å². The Morgan fingerprint density at radius 3 is 0.636 bits per heavy atom. The third-order valence-corrected chi connectivity index (χ3v) is 7.76. The molecule has 0 aromatic heterocycles. The second-order valence-electron chi connectivity index (χ2n) is 10.4. The van der Waals surface area contributed by atoms with Crippen molar-refractivity contribution in [3.63, 3.8) is 0 Å². The molecule has 3 heteroatoms. The number of hydrogen-bond donors (Lipinski definition) is 0. The summed E-state index contributed by atoms with van der Waals surface area (Å²) < 4.78 is 0. The van der Waals surface area contributed by atoms with Crippen LogP contribution >= 0.6 is 34.8 Å². The van der Waals surface area contributed by atoms with Gasteiger partial charge in [-0.05, 0) is 12.8 Å². The first kappa shape index (κ1) is 33.9. The normalized spacial score (nSPS) is 11.6. The molecule has 200 valence electrons. The molecule has 0 amide bonds. The van der Waals surface area contributed by atoms with Crippen LogP contribution in [-0.2, 0) is 0 Å². The molecule has 0 saturated heterocycles. The second-order valence-corrected chi connectivity index (χ2v) is 12.1. The molecular formula is C30H59Cl3. The molecule has 0 aliphatic rings. The highest BCUT2D eigenvalue weighted by atomic mass is 35.5. The van der Waals surface area contributed by atoms with Gasteiger partial charge in [-0.3, -0.25) is 0 Å². The van der Waals surface area contributed by atoms with E-state index in [4.69, 9.17) is 34.8 Å². The molecule has 0 aliphatic heterocycles. The Kier molecular flexibility index (Phi) is 31.7. The monoisotopic (exact) mass is 524 g/mol. The molecule has 0 heterocycles. The summed E-state index contributed by atoms with van der Waals surface area (Å²) in [4.78, 5) is -0.160. The van der Waals surface area contributed by atoms with Crippen LogP contribution in [0.3, 0.4) is 0 Å². The average molecular weight is 526 g/mol. The smallest absolute Gasteiger partial charge is 0.107 e. The first-order valence-electron chi connectivity index (χ1n) is 15.1. The van der Waals surface area contributed by atoms with Crippen LogP contribution in [0.15, 0.2) is 0 Å². The zero-order chi connectivity index (χ0) is 24.1. The van der Waals surface area contributed by atoms with Gasteiger partial charge in [0.2, 0.25) is 0 Å². The van der Waals surface area contributed by atoms with Gasteiger partial charge in [-0.2, -0.15) is 0 Å². The van der Waals surface area contributed by atoms with E-state index in [1.807, 2.05) is 0 Å². The van der Waals surface area contributed by atoms with Gasteiger partial charge in [-0.1, -0.05) is 167 Å². The maximum atomic E-state index is 5.75. The Bertz CT molecular complexity index is 333. The van der Waals surface area contributed by atoms with Crippen molar-refractivity contribution in [2.45, 2.75) is 185 Å². The van der Waals surface area contributed by atoms with Crippen LogP contribution in [0.2, 0.25) is 0 Å². The lowest BCUT2D eigenvalue weighted by atomic mass is 10.0. The summed E-state index contributed by atoms with van der Waals surface area (Å²) in [6, 6.07) is 0. The molecule has 0 nitrogen and oxygen atoms in total. The van der Waals surface area contributed by atoms with Crippen LogP contribution in [-0.4, -0.2) is 10.7 Å². The summed E-state index contributed by atoms with van der Waals surface area (Å²) in [7, 11) is 0. The van der Waals surface area contributed by atoms with E-state index in [9.17, 15) is 0 Å². The quantitative estimate of drug-likeness (QED) is 0.0672. The topological polar surface area (TPSA) is 0 Å². The molecule has 0 atom stereocenters. The molecule has 33 heavy (non-hydrogen) atoms. The van der Waals surface area contributed by atoms with E-state index in [2.05, 4.69) is 0 Å². The van der Waals surface area contributed by atoms with Gasteiger partial charge < -0.3 is 0 Å². The van der Waals surface area contributed by atoms with Gasteiger partial charge in [-0.25, -0.2) is 0 Å². The Labute approximate surface area is 224 Å². The van der Waals surface area contributed by atoms with Crippen LogP contribution in [0.25, 0.3) is 0 Å². The minimum absolute atomic E-state index is 0.160. The lowest BCUT2D eigenvalue weighted by Crippen LogP contribution is -1.87. The van der Waals surface area contributed by atoms with E-state index in [0.717, 1.165) is 12.3 Å². The van der Waals surface area contributed by atoms with Crippen molar-refractivity contribution in [2.75, 3.05) is 5.88 Å². The second kappa shape index (κ2) is 30.9. The number of halogens is 3. The minimum Gasteiger partial charge on any atom is -0.127 e. The van der Waals surface area contributed by atoms with E-state index < -0.39 is 0 Å². The standard InChI is InChI=1S/C30H59Cl3/c31-29-27-25-23-21-19-17-15-13-11-9-7-5-3-1-2-4-6-8-10-12-14-16-18-20-22-24-26-28-30(32)33/h30H,1-29H2. The fourth-order valence-electron chi connectivity index (χ4n) is 4.81. The van der Waals surface area contributed by atoms with Crippen molar-refractivity contribution in [3.8, 4) is 0 Å². The van der Waals surface area contributed by atoms with E-state index >= 15 is 0 Å². The number of hydrogen-bond acceptors (Lipinski definition) is 0. The predicted octanol–water partition coefficient (Wildman–Crippen LogP) is 13.0. The molecular weight excluding hydrogens is 467 g/mol. The Balaban J connectivity index is 3.00. The van der Waals surface area contributed by atoms with Crippen LogP contribution in [0.4, 0.5) is 0 Å².